The Labute approximate surface area is 243 Å². The first-order valence-corrected chi connectivity index (χ1v) is 13.8. The van der Waals surface area contributed by atoms with Gasteiger partial charge in [0.1, 0.15) is 11.6 Å². The predicted octanol–water partition coefficient (Wildman–Crippen LogP) is 6.76. The molecule has 208 valence electrons. The molecule has 1 atom stereocenters. The smallest absolute Gasteiger partial charge is 0.282 e. The monoisotopic (exact) mass is 628 g/mol. The first-order chi connectivity index (χ1) is 19.2. The van der Waals surface area contributed by atoms with E-state index in [1.807, 2.05) is 19.9 Å². The van der Waals surface area contributed by atoms with Crippen LogP contribution in [-0.4, -0.2) is 35.0 Å². The van der Waals surface area contributed by atoms with Gasteiger partial charge >= 0.3 is 0 Å². The summed E-state index contributed by atoms with van der Waals surface area (Å²) in [5, 5.41) is 7.66. The Bertz CT molecular complexity index is 1640. The minimum Gasteiger partial charge on any atom is -0.490 e. The van der Waals surface area contributed by atoms with E-state index in [1.165, 1.54) is 29.1 Å². The van der Waals surface area contributed by atoms with Gasteiger partial charge in [0.25, 0.3) is 11.5 Å². The molecule has 0 fully saturated rings. The third-order valence-electron chi connectivity index (χ3n) is 6.00. The second-order valence-corrected chi connectivity index (χ2v) is 10.2. The summed E-state index contributed by atoms with van der Waals surface area (Å²) in [4.78, 5) is 30.5. The highest BCUT2D eigenvalue weighted by molar-refractivity contribution is 9.10. The predicted molar refractivity (Wildman–Crippen MR) is 159 cm³/mol. The fourth-order valence-electron chi connectivity index (χ4n) is 3.87. The zero-order valence-electron chi connectivity index (χ0n) is 22.1. The molecule has 1 heterocycles. The maximum Gasteiger partial charge on any atom is 0.282 e. The van der Waals surface area contributed by atoms with Gasteiger partial charge in [0, 0.05) is 16.1 Å². The van der Waals surface area contributed by atoms with E-state index in [9.17, 15) is 14.0 Å². The van der Waals surface area contributed by atoms with Gasteiger partial charge in [0.2, 0.25) is 0 Å². The van der Waals surface area contributed by atoms with E-state index in [0.717, 1.165) is 10.9 Å². The molecule has 4 rings (SSSR count). The number of hydrogen-bond acceptors (Lipinski definition) is 6. The lowest BCUT2D eigenvalue weighted by atomic mass is 10.1. The third-order valence-corrected chi connectivity index (χ3v) is 6.77. The van der Waals surface area contributed by atoms with Crippen LogP contribution in [0.3, 0.4) is 0 Å². The van der Waals surface area contributed by atoms with Gasteiger partial charge in [0.15, 0.2) is 18.1 Å². The van der Waals surface area contributed by atoms with Crippen molar-refractivity contribution in [2.45, 2.75) is 33.1 Å². The number of hydrogen-bond donors (Lipinski definition) is 1. The molecule has 1 aromatic heterocycles. The van der Waals surface area contributed by atoms with Crippen LogP contribution in [0, 0.1) is 5.82 Å². The van der Waals surface area contributed by atoms with Gasteiger partial charge in [-0.15, -0.1) is 0 Å². The van der Waals surface area contributed by atoms with E-state index in [1.54, 1.807) is 37.3 Å². The van der Waals surface area contributed by atoms with Crippen molar-refractivity contribution in [3.63, 3.8) is 0 Å². The van der Waals surface area contributed by atoms with Crippen LogP contribution in [0.2, 0.25) is 5.02 Å². The van der Waals surface area contributed by atoms with E-state index in [4.69, 9.17) is 26.1 Å². The van der Waals surface area contributed by atoms with Crippen molar-refractivity contribution in [1.82, 2.24) is 9.66 Å². The van der Waals surface area contributed by atoms with Crippen molar-refractivity contribution < 1.29 is 18.7 Å². The molecule has 1 N–H and O–H groups in total. The lowest BCUT2D eigenvalue weighted by molar-refractivity contribution is -0.118. The van der Waals surface area contributed by atoms with Crippen LogP contribution in [0.15, 0.2) is 69.0 Å². The van der Waals surface area contributed by atoms with Crippen LogP contribution < -0.4 is 20.3 Å². The van der Waals surface area contributed by atoms with Crippen LogP contribution >= 0.6 is 27.5 Å². The summed E-state index contributed by atoms with van der Waals surface area (Å²) in [5.41, 5.74) is 1.15. The average Bonchev–Trinajstić information content (AvgIpc) is 2.92. The first kappa shape index (κ1) is 29.2. The molecule has 0 saturated heterocycles. The SMILES string of the molecule is CCOc1cc(C=Nn2c([C@H](C)CC)nc3ccc(Br)cc3c2=O)cc(Cl)c1OCC(=O)Nc1cccc(F)c1. The number of carbonyl (C=O) groups is 1. The molecule has 0 aliphatic heterocycles. The number of carbonyl (C=O) groups excluding carboxylic acids is 1. The molecule has 0 unspecified atom stereocenters. The summed E-state index contributed by atoms with van der Waals surface area (Å²) in [6.07, 6.45) is 2.26. The van der Waals surface area contributed by atoms with Gasteiger partial charge in [-0.2, -0.15) is 9.78 Å². The first-order valence-electron chi connectivity index (χ1n) is 12.6. The zero-order valence-corrected chi connectivity index (χ0v) is 24.4. The molecule has 0 radical (unpaired) electrons. The van der Waals surface area contributed by atoms with Crippen molar-refractivity contribution in [2.24, 2.45) is 5.10 Å². The highest BCUT2D eigenvalue weighted by Gasteiger charge is 2.17. The van der Waals surface area contributed by atoms with E-state index in [2.05, 4.69) is 26.3 Å². The Balaban J connectivity index is 1.63. The summed E-state index contributed by atoms with van der Waals surface area (Å²) in [5.74, 6) is 0.0224. The molecule has 0 aliphatic carbocycles. The lowest BCUT2D eigenvalue weighted by Gasteiger charge is -2.15. The van der Waals surface area contributed by atoms with Crippen LogP contribution in [-0.2, 0) is 4.79 Å². The van der Waals surface area contributed by atoms with Gasteiger partial charge in [0.05, 0.1) is 28.7 Å². The summed E-state index contributed by atoms with van der Waals surface area (Å²) >= 11 is 9.92. The molecule has 0 bridgehead atoms. The van der Waals surface area contributed by atoms with Crippen LogP contribution in [0.25, 0.3) is 10.9 Å². The largest absolute Gasteiger partial charge is 0.490 e. The maximum atomic E-state index is 13.4. The van der Waals surface area contributed by atoms with E-state index in [0.29, 0.717) is 40.3 Å². The number of halogens is 3. The molecule has 0 spiro atoms. The second-order valence-electron chi connectivity index (χ2n) is 8.91. The average molecular weight is 630 g/mol. The highest BCUT2D eigenvalue weighted by Crippen LogP contribution is 2.36. The quantitative estimate of drug-likeness (QED) is 0.196. The fourth-order valence-corrected chi connectivity index (χ4v) is 4.50. The second kappa shape index (κ2) is 13.1. The van der Waals surface area contributed by atoms with Crippen molar-refractivity contribution in [3.8, 4) is 11.5 Å². The van der Waals surface area contributed by atoms with Crippen LogP contribution in [0.1, 0.15) is 44.5 Å². The van der Waals surface area contributed by atoms with Crippen molar-refractivity contribution in [2.75, 3.05) is 18.5 Å². The highest BCUT2D eigenvalue weighted by atomic mass is 79.9. The summed E-state index contributed by atoms with van der Waals surface area (Å²) < 4.78 is 26.9. The van der Waals surface area contributed by atoms with Gasteiger partial charge in [-0.1, -0.05) is 47.4 Å². The van der Waals surface area contributed by atoms with E-state index < -0.39 is 11.7 Å². The Morgan fingerprint density at radius 1 is 1.20 bits per heavy atom. The zero-order chi connectivity index (χ0) is 28.8. The molecule has 8 nitrogen and oxygen atoms in total. The minimum absolute atomic E-state index is 0.0187. The topological polar surface area (TPSA) is 94.8 Å². The molecular formula is C29H27BrClFN4O4. The number of nitrogens with one attached hydrogen (secondary N) is 1. The Kier molecular flexibility index (Phi) is 9.54. The van der Waals surface area contributed by atoms with Crippen molar-refractivity contribution >= 4 is 56.2 Å². The molecule has 11 heteroatoms. The Morgan fingerprint density at radius 3 is 2.73 bits per heavy atom. The summed E-state index contributed by atoms with van der Waals surface area (Å²) in [6.45, 7) is 5.73. The Hall–Kier alpha value is -3.76. The van der Waals surface area contributed by atoms with Crippen LogP contribution in [0.5, 0.6) is 11.5 Å². The fraction of sp³-hybridized carbons (Fsp3) is 0.241. The number of anilines is 1. The molecule has 0 aliphatic rings. The minimum atomic E-state index is -0.498. The van der Waals surface area contributed by atoms with Gasteiger partial charge in [-0.25, -0.2) is 9.37 Å². The number of ether oxygens (including phenoxy) is 2. The molecule has 0 saturated carbocycles. The standard InChI is InChI=1S/C29H27BrClFN4O4/c1-4-17(3)28-35-24-10-9-19(30)13-22(24)29(38)36(28)33-15-18-11-23(31)27(25(12-18)39-5-2)40-16-26(37)34-21-8-6-7-20(32)14-21/h6-15,17H,4-5,16H2,1-3H3,(H,34,37)/t17-/m1/s1. The number of amides is 1. The number of benzene rings is 3. The Morgan fingerprint density at radius 2 is 2.00 bits per heavy atom. The normalized spacial score (nSPS) is 12.1. The van der Waals surface area contributed by atoms with E-state index in [-0.39, 0.29) is 28.9 Å². The third kappa shape index (κ3) is 6.86. The maximum absolute atomic E-state index is 13.4. The molecule has 40 heavy (non-hydrogen) atoms. The number of nitrogens with zero attached hydrogens (tertiary/aromatic N) is 3. The van der Waals surface area contributed by atoms with Gasteiger partial charge < -0.3 is 14.8 Å². The molecule has 1 amide bonds. The van der Waals surface area contributed by atoms with Gasteiger partial charge in [-0.3, -0.25) is 9.59 Å². The van der Waals surface area contributed by atoms with Gasteiger partial charge in [-0.05, 0) is 67.4 Å². The van der Waals surface area contributed by atoms with E-state index >= 15 is 0 Å². The number of fused-ring (bicyclic) bond motifs is 1. The lowest BCUT2D eigenvalue weighted by Crippen LogP contribution is -2.23. The number of rotatable bonds is 10. The molecule has 4 aromatic rings. The molecular weight excluding hydrogens is 603 g/mol. The number of aromatic nitrogens is 2. The summed E-state index contributed by atoms with van der Waals surface area (Å²) in [7, 11) is 0. The van der Waals surface area contributed by atoms with Crippen LogP contribution in [0.4, 0.5) is 10.1 Å². The van der Waals surface area contributed by atoms with Crippen molar-refractivity contribution in [1.29, 1.82) is 0 Å². The summed E-state index contributed by atoms with van der Waals surface area (Å²) in [6, 6.07) is 14.1. The van der Waals surface area contributed by atoms with Crippen molar-refractivity contribution in [3.05, 3.63) is 91.7 Å². The molecule has 3 aromatic carbocycles.